The molecule has 94 valence electrons. The predicted molar refractivity (Wildman–Crippen MR) is 82.5 cm³/mol. The fourth-order valence-corrected chi connectivity index (χ4v) is 2.81. The van der Waals surface area contributed by atoms with E-state index in [-0.39, 0.29) is 0 Å². The molecule has 2 rings (SSSR count). The third-order valence-corrected chi connectivity index (χ3v) is 4.05. The molecule has 1 heterocycles. The zero-order valence-corrected chi connectivity index (χ0v) is 12.6. The fraction of sp³-hybridized carbons (Fsp3) is 0.538. The van der Waals surface area contributed by atoms with Crippen molar-refractivity contribution in [2.24, 2.45) is 0 Å². The molecule has 0 amide bonds. The van der Waals surface area contributed by atoms with Gasteiger partial charge in [0.25, 0.3) is 0 Å². The van der Waals surface area contributed by atoms with Gasteiger partial charge in [-0.2, -0.15) is 0 Å². The van der Waals surface area contributed by atoms with Gasteiger partial charge in [0, 0.05) is 35.8 Å². The second-order valence-corrected chi connectivity index (χ2v) is 6.07. The van der Waals surface area contributed by atoms with Crippen LogP contribution in [0, 0.1) is 3.57 Å². The summed E-state index contributed by atoms with van der Waals surface area (Å²) in [5.74, 6) is 0. The third kappa shape index (κ3) is 3.04. The number of hydrogen-bond acceptors (Lipinski definition) is 3. The minimum Gasteiger partial charge on any atom is -0.397 e. The van der Waals surface area contributed by atoms with E-state index in [0.717, 1.165) is 31.9 Å². The highest BCUT2D eigenvalue weighted by Gasteiger charge is 2.20. The van der Waals surface area contributed by atoms with Crippen molar-refractivity contribution in [1.29, 1.82) is 0 Å². The Morgan fingerprint density at radius 2 is 1.82 bits per heavy atom. The van der Waals surface area contributed by atoms with Gasteiger partial charge in [0.15, 0.2) is 0 Å². The van der Waals surface area contributed by atoms with Crippen LogP contribution >= 0.6 is 22.6 Å². The highest BCUT2D eigenvalue weighted by molar-refractivity contribution is 14.1. The maximum Gasteiger partial charge on any atom is 0.0601 e. The Kier molecular flexibility index (Phi) is 4.14. The molecule has 17 heavy (non-hydrogen) atoms. The van der Waals surface area contributed by atoms with Crippen molar-refractivity contribution in [3.05, 3.63) is 21.8 Å². The summed E-state index contributed by atoms with van der Waals surface area (Å²) in [6, 6.07) is 6.96. The first-order valence-electron chi connectivity index (χ1n) is 6.12. The third-order valence-electron chi connectivity index (χ3n) is 3.37. The van der Waals surface area contributed by atoms with E-state index in [1.807, 2.05) is 6.07 Å². The molecular weight excluding hydrogens is 325 g/mol. The first kappa shape index (κ1) is 13.0. The van der Waals surface area contributed by atoms with Gasteiger partial charge in [0.2, 0.25) is 0 Å². The van der Waals surface area contributed by atoms with E-state index in [1.165, 1.54) is 9.26 Å². The van der Waals surface area contributed by atoms with E-state index in [9.17, 15) is 0 Å². The van der Waals surface area contributed by atoms with Gasteiger partial charge < -0.3 is 10.6 Å². The first-order chi connectivity index (χ1) is 8.08. The van der Waals surface area contributed by atoms with Crippen molar-refractivity contribution in [1.82, 2.24) is 4.90 Å². The Labute approximate surface area is 117 Å². The molecule has 1 aromatic rings. The number of piperazine rings is 1. The van der Waals surface area contributed by atoms with Crippen LogP contribution in [-0.4, -0.2) is 37.1 Å². The Morgan fingerprint density at radius 1 is 1.18 bits per heavy atom. The maximum atomic E-state index is 6.09. The second-order valence-electron chi connectivity index (χ2n) is 4.82. The van der Waals surface area contributed by atoms with Crippen LogP contribution in [0.1, 0.15) is 13.8 Å². The number of anilines is 2. The molecule has 1 aromatic carbocycles. The monoisotopic (exact) mass is 345 g/mol. The predicted octanol–water partition coefficient (Wildman–Crippen LogP) is 2.40. The van der Waals surface area contributed by atoms with E-state index in [0.29, 0.717) is 6.04 Å². The molecule has 0 saturated carbocycles. The highest BCUT2D eigenvalue weighted by Crippen LogP contribution is 2.26. The molecule has 0 atom stereocenters. The maximum absolute atomic E-state index is 6.09. The number of nitrogens with zero attached hydrogens (tertiary/aromatic N) is 2. The second kappa shape index (κ2) is 5.44. The summed E-state index contributed by atoms with van der Waals surface area (Å²) < 4.78 is 1.20. The van der Waals surface area contributed by atoms with Crippen molar-refractivity contribution in [2.45, 2.75) is 19.9 Å². The molecule has 4 heteroatoms. The molecule has 0 bridgehead atoms. The van der Waals surface area contributed by atoms with Crippen molar-refractivity contribution < 1.29 is 0 Å². The quantitative estimate of drug-likeness (QED) is 0.660. The minimum atomic E-state index is 0.645. The Bertz CT molecular complexity index is 384. The van der Waals surface area contributed by atoms with Gasteiger partial charge in [-0.15, -0.1) is 0 Å². The SMILES string of the molecule is CC(C)N1CCN(c2ccc(I)cc2N)CC1. The molecular formula is C13H20IN3. The van der Waals surface area contributed by atoms with Crippen molar-refractivity contribution >= 4 is 34.0 Å². The average molecular weight is 345 g/mol. The Balaban J connectivity index is 2.05. The van der Waals surface area contributed by atoms with Crippen LogP contribution in [0.4, 0.5) is 11.4 Å². The van der Waals surface area contributed by atoms with Crippen LogP contribution in [-0.2, 0) is 0 Å². The molecule has 0 aliphatic carbocycles. The van der Waals surface area contributed by atoms with E-state index < -0.39 is 0 Å². The van der Waals surface area contributed by atoms with Crippen molar-refractivity contribution in [2.75, 3.05) is 36.8 Å². The summed E-state index contributed by atoms with van der Waals surface area (Å²) in [6.45, 7) is 8.92. The molecule has 1 fully saturated rings. The molecule has 1 saturated heterocycles. The van der Waals surface area contributed by atoms with E-state index >= 15 is 0 Å². The van der Waals surface area contributed by atoms with Crippen LogP contribution in [0.25, 0.3) is 0 Å². The summed E-state index contributed by atoms with van der Waals surface area (Å²) in [5, 5.41) is 0. The number of rotatable bonds is 2. The van der Waals surface area contributed by atoms with Gasteiger partial charge in [-0.1, -0.05) is 0 Å². The largest absolute Gasteiger partial charge is 0.397 e. The van der Waals surface area contributed by atoms with Gasteiger partial charge in [0.1, 0.15) is 0 Å². The summed E-state index contributed by atoms with van der Waals surface area (Å²) in [4.78, 5) is 4.91. The first-order valence-corrected chi connectivity index (χ1v) is 7.20. The van der Waals surface area contributed by atoms with Crippen LogP contribution in [0.2, 0.25) is 0 Å². The molecule has 0 unspecified atom stereocenters. The molecule has 3 nitrogen and oxygen atoms in total. The molecule has 0 radical (unpaired) electrons. The van der Waals surface area contributed by atoms with Crippen LogP contribution in [0.3, 0.4) is 0 Å². The van der Waals surface area contributed by atoms with Crippen molar-refractivity contribution in [3.63, 3.8) is 0 Å². The topological polar surface area (TPSA) is 32.5 Å². The zero-order valence-electron chi connectivity index (χ0n) is 10.5. The lowest BCUT2D eigenvalue weighted by Crippen LogP contribution is -2.49. The lowest BCUT2D eigenvalue weighted by molar-refractivity contribution is 0.209. The van der Waals surface area contributed by atoms with E-state index in [2.05, 4.69) is 58.4 Å². The number of halogens is 1. The summed E-state index contributed by atoms with van der Waals surface area (Å²) in [6.07, 6.45) is 0. The lowest BCUT2D eigenvalue weighted by atomic mass is 10.2. The number of benzene rings is 1. The number of nitrogen functional groups attached to an aromatic ring is 1. The summed E-state index contributed by atoms with van der Waals surface area (Å²) >= 11 is 2.30. The molecule has 0 spiro atoms. The van der Waals surface area contributed by atoms with Gasteiger partial charge in [-0.05, 0) is 54.6 Å². The van der Waals surface area contributed by atoms with E-state index in [1.54, 1.807) is 0 Å². The van der Waals surface area contributed by atoms with Gasteiger partial charge in [-0.25, -0.2) is 0 Å². The number of nitrogens with two attached hydrogens (primary N) is 1. The molecule has 1 aliphatic rings. The lowest BCUT2D eigenvalue weighted by Gasteiger charge is -2.38. The van der Waals surface area contributed by atoms with Gasteiger partial charge >= 0.3 is 0 Å². The molecule has 0 aromatic heterocycles. The average Bonchev–Trinajstić information content (AvgIpc) is 2.29. The van der Waals surface area contributed by atoms with E-state index in [4.69, 9.17) is 5.73 Å². The summed E-state index contributed by atoms with van der Waals surface area (Å²) in [7, 11) is 0. The Morgan fingerprint density at radius 3 is 2.35 bits per heavy atom. The zero-order chi connectivity index (χ0) is 12.4. The van der Waals surface area contributed by atoms with Crippen LogP contribution in [0.15, 0.2) is 18.2 Å². The highest BCUT2D eigenvalue weighted by atomic mass is 127. The normalized spacial score (nSPS) is 17.8. The minimum absolute atomic E-state index is 0.645. The summed E-state index contributed by atoms with van der Waals surface area (Å²) in [5.41, 5.74) is 8.17. The standard InChI is InChI=1S/C13H20IN3/c1-10(2)16-5-7-17(8-6-16)13-4-3-11(14)9-12(13)15/h3-4,9-10H,5-8,15H2,1-2H3. The van der Waals surface area contributed by atoms with Crippen molar-refractivity contribution in [3.8, 4) is 0 Å². The number of hydrogen-bond donors (Lipinski definition) is 1. The van der Waals surface area contributed by atoms with Crippen LogP contribution < -0.4 is 10.6 Å². The van der Waals surface area contributed by atoms with Gasteiger partial charge in [0.05, 0.1) is 11.4 Å². The van der Waals surface area contributed by atoms with Crippen LogP contribution in [0.5, 0.6) is 0 Å². The van der Waals surface area contributed by atoms with Gasteiger partial charge in [-0.3, -0.25) is 4.90 Å². The Hall–Kier alpha value is -0.490. The fourth-order valence-electron chi connectivity index (χ4n) is 2.29. The molecule has 2 N–H and O–H groups in total. The molecule has 1 aliphatic heterocycles. The smallest absolute Gasteiger partial charge is 0.0601 e.